The number of anilines is 1. The van der Waals surface area contributed by atoms with E-state index < -0.39 is 0 Å². The van der Waals surface area contributed by atoms with Gasteiger partial charge in [-0.3, -0.25) is 9.48 Å². The van der Waals surface area contributed by atoms with Crippen LogP contribution in [-0.2, 0) is 19.5 Å². The van der Waals surface area contributed by atoms with E-state index in [0.29, 0.717) is 25.3 Å². The Kier molecular flexibility index (Phi) is 5.10. The van der Waals surface area contributed by atoms with Gasteiger partial charge in [0.2, 0.25) is 0 Å². The van der Waals surface area contributed by atoms with E-state index >= 15 is 0 Å². The van der Waals surface area contributed by atoms with Crippen LogP contribution in [0.1, 0.15) is 25.2 Å². The average molecular weight is 290 g/mol. The van der Waals surface area contributed by atoms with E-state index in [1.807, 2.05) is 17.7 Å². The topological polar surface area (TPSA) is 90.8 Å². The molecule has 2 aromatic heterocycles. The second kappa shape index (κ2) is 7.03. The van der Waals surface area contributed by atoms with Crippen molar-refractivity contribution in [3.8, 4) is 0 Å². The van der Waals surface area contributed by atoms with Crippen molar-refractivity contribution in [3.63, 3.8) is 0 Å². The molecule has 0 atom stereocenters. The summed E-state index contributed by atoms with van der Waals surface area (Å²) in [6, 6.07) is 3.56. The van der Waals surface area contributed by atoms with Gasteiger partial charge in [0, 0.05) is 25.7 Å². The fourth-order valence-corrected chi connectivity index (χ4v) is 2.11. The quantitative estimate of drug-likeness (QED) is 0.772. The lowest BCUT2D eigenvalue weighted by Crippen LogP contribution is -2.25. The molecule has 2 rings (SSSR count). The highest BCUT2D eigenvalue weighted by atomic mass is 16.1. The lowest BCUT2D eigenvalue weighted by molar-refractivity contribution is 0.558. The molecule has 0 saturated heterocycles. The summed E-state index contributed by atoms with van der Waals surface area (Å²) in [4.78, 5) is 12.1. The van der Waals surface area contributed by atoms with Crippen LogP contribution in [-0.4, -0.2) is 32.7 Å². The summed E-state index contributed by atoms with van der Waals surface area (Å²) in [5.41, 5.74) is 7.99. The molecule has 0 radical (unpaired) electrons. The summed E-state index contributed by atoms with van der Waals surface area (Å²) in [6.45, 7) is 6.43. The predicted molar refractivity (Wildman–Crippen MR) is 82.4 cm³/mol. The van der Waals surface area contributed by atoms with Crippen molar-refractivity contribution in [2.24, 2.45) is 5.73 Å². The minimum atomic E-state index is -0.140. The van der Waals surface area contributed by atoms with Crippen molar-refractivity contribution in [1.82, 2.24) is 19.6 Å². The first-order valence-electron chi connectivity index (χ1n) is 7.24. The van der Waals surface area contributed by atoms with Crippen molar-refractivity contribution >= 4 is 5.69 Å². The van der Waals surface area contributed by atoms with Crippen molar-refractivity contribution in [1.29, 1.82) is 0 Å². The van der Waals surface area contributed by atoms with Gasteiger partial charge in [0.05, 0.1) is 29.8 Å². The number of nitrogens with one attached hydrogen (secondary N) is 1. The van der Waals surface area contributed by atoms with Crippen molar-refractivity contribution < 1.29 is 0 Å². The van der Waals surface area contributed by atoms with Gasteiger partial charge in [-0.25, -0.2) is 4.68 Å². The summed E-state index contributed by atoms with van der Waals surface area (Å²) in [7, 11) is 0. The molecule has 0 fully saturated rings. The van der Waals surface area contributed by atoms with Crippen LogP contribution in [0.5, 0.6) is 0 Å². The number of aryl methyl sites for hydroxylation is 2. The van der Waals surface area contributed by atoms with Gasteiger partial charge >= 0.3 is 0 Å². The molecule has 7 nitrogen and oxygen atoms in total. The van der Waals surface area contributed by atoms with E-state index in [1.54, 1.807) is 6.20 Å². The van der Waals surface area contributed by atoms with Gasteiger partial charge in [-0.2, -0.15) is 10.2 Å². The second-order valence-electron chi connectivity index (χ2n) is 4.75. The zero-order valence-corrected chi connectivity index (χ0v) is 12.5. The molecule has 3 N–H and O–H groups in total. The van der Waals surface area contributed by atoms with Crippen LogP contribution in [0.3, 0.4) is 0 Å². The molecule has 2 heterocycles. The fourth-order valence-electron chi connectivity index (χ4n) is 2.11. The zero-order chi connectivity index (χ0) is 15.2. The van der Waals surface area contributed by atoms with Gasteiger partial charge in [-0.05, 0) is 19.4 Å². The zero-order valence-electron chi connectivity index (χ0n) is 12.5. The minimum absolute atomic E-state index is 0.140. The highest BCUT2D eigenvalue weighted by Gasteiger charge is 2.08. The summed E-state index contributed by atoms with van der Waals surface area (Å²) in [5, 5.41) is 11.7. The molecular weight excluding hydrogens is 268 g/mol. The van der Waals surface area contributed by atoms with E-state index in [0.717, 1.165) is 24.4 Å². The molecule has 114 valence electrons. The first-order valence-corrected chi connectivity index (χ1v) is 7.24. The molecule has 0 aromatic carbocycles. The number of aromatic nitrogens is 4. The monoisotopic (exact) mass is 290 g/mol. The van der Waals surface area contributed by atoms with Crippen LogP contribution in [0.4, 0.5) is 5.69 Å². The molecular formula is C14H22N6O. The van der Waals surface area contributed by atoms with Gasteiger partial charge in [0.25, 0.3) is 5.56 Å². The number of hydrogen-bond acceptors (Lipinski definition) is 5. The standard InChI is InChI=1S/C14H22N6O/c1-3-11-7-13(19(4-2)18-11)10-20-14(21)8-12(9-17-20)16-6-5-15/h7-9,16H,3-6,10,15H2,1-2H3. The molecule has 2 aromatic rings. The molecule has 0 aliphatic carbocycles. The van der Waals surface area contributed by atoms with Gasteiger partial charge in [-0.15, -0.1) is 0 Å². The van der Waals surface area contributed by atoms with Gasteiger partial charge in [0.15, 0.2) is 0 Å². The molecule has 0 aliphatic heterocycles. The maximum atomic E-state index is 12.1. The number of nitrogens with zero attached hydrogens (tertiary/aromatic N) is 4. The minimum Gasteiger partial charge on any atom is -0.382 e. The van der Waals surface area contributed by atoms with Crippen molar-refractivity contribution in [2.45, 2.75) is 33.4 Å². The van der Waals surface area contributed by atoms with Gasteiger partial charge < -0.3 is 11.1 Å². The maximum Gasteiger partial charge on any atom is 0.269 e. The van der Waals surface area contributed by atoms with E-state index in [-0.39, 0.29) is 5.56 Å². The molecule has 0 unspecified atom stereocenters. The Morgan fingerprint density at radius 3 is 2.71 bits per heavy atom. The van der Waals surface area contributed by atoms with Gasteiger partial charge in [-0.1, -0.05) is 6.92 Å². The highest BCUT2D eigenvalue weighted by Crippen LogP contribution is 2.07. The van der Waals surface area contributed by atoms with Crippen molar-refractivity contribution in [3.05, 3.63) is 40.1 Å². The third-order valence-corrected chi connectivity index (χ3v) is 3.23. The lowest BCUT2D eigenvalue weighted by Gasteiger charge is -2.08. The van der Waals surface area contributed by atoms with Crippen LogP contribution in [0, 0.1) is 0 Å². The van der Waals surface area contributed by atoms with E-state index in [2.05, 4.69) is 22.4 Å². The largest absolute Gasteiger partial charge is 0.382 e. The molecule has 0 spiro atoms. The number of rotatable bonds is 7. The lowest BCUT2D eigenvalue weighted by atomic mass is 10.3. The Bertz CT molecular complexity index is 645. The van der Waals surface area contributed by atoms with Crippen LogP contribution >= 0.6 is 0 Å². The highest BCUT2D eigenvalue weighted by molar-refractivity contribution is 5.38. The van der Waals surface area contributed by atoms with E-state index in [4.69, 9.17) is 5.73 Å². The molecule has 0 amide bonds. The Morgan fingerprint density at radius 1 is 1.29 bits per heavy atom. The molecule has 0 aliphatic rings. The third kappa shape index (κ3) is 3.69. The van der Waals surface area contributed by atoms with Crippen LogP contribution in [0.25, 0.3) is 0 Å². The SMILES string of the molecule is CCc1cc(Cn2ncc(NCCN)cc2=O)n(CC)n1. The Morgan fingerprint density at radius 2 is 2.10 bits per heavy atom. The molecule has 21 heavy (non-hydrogen) atoms. The van der Waals surface area contributed by atoms with E-state index in [9.17, 15) is 4.79 Å². The van der Waals surface area contributed by atoms with E-state index in [1.165, 1.54) is 10.7 Å². The van der Waals surface area contributed by atoms with Gasteiger partial charge in [0.1, 0.15) is 0 Å². The number of hydrogen-bond donors (Lipinski definition) is 2. The Balaban J connectivity index is 2.19. The summed E-state index contributed by atoms with van der Waals surface area (Å²) < 4.78 is 3.35. The summed E-state index contributed by atoms with van der Waals surface area (Å²) in [5.74, 6) is 0. The molecule has 0 saturated carbocycles. The molecule has 0 bridgehead atoms. The third-order valence-electron chi connectivity index (χ3n) is 3.23. The second-order valence-corrected chi connectivity index (χ2v) is 4.75. The smallest absolute Gasteiger partial charge is 0.269 e. The average Bonchev–Trinajstić information content (AvgIpc) is 2.90. The fraction of sp³-hybridized carbons (Fsp3) is 0.500. The summed E-state index contributed by atoms with van der Waals surface area (Å²) in [6.07, 6.45) is 2.52. The Labute approximate surface area is 123 Å². The van der Waals surface area contributed by atoms with Crippen LogP contribution in [0.15, 0.2) is 23.1 Å². The van der Waals surface area contributed by atoms with Crippen molar-refractivity contribution in [2.75, 3.05) is 18.4 Å². The van der Waals surface area contributed by atoms with Crippen LogP contribution < -0.4 is 16.6 Å². The van der Waals surface area contributed by atoms with Crippen LogP contribution in [0.2, 0.25) is 0 Å². The number of nitrogens with two attached hydrogens (primary N) is 1. The maximum absolute atomic E-state index is 12.1. The Hall–Kier alpha value is -2.15. The first-order chi connectivity index (χ1) is 10.2. The predicted octanol–water partition coefficient (Wildman–Crippen LogP) is 0.441. The first kappa shape index (κ1) is 15.2. The normalized spacial score (nSPS) is 10.8. The molecule has 7 heteroatoms. The summed E-state index contributed by atoms with van der Waals surface area (Å²) >= 11 is 0.